The van der Waals surface area contributed by atoms with Gasteiger partial charge in [-0.15, -0.1) is 11.8 Å². The maximum absolute atomic E-state index is 6.33. The first-order valence-corrected chi connectivity index (χ1v) is 12.3. The first-order valence-electron chi connectivity index (χ1n) is 9.83. The summed E-state index contributed by atoms with van der Waals surface area (Å²) in [5.41, 5.74) is 4.28. The molecule has 0 aliphatic heterocycles. The number of aryl methyl sites for hydroxylation is 2. The van der Waals surface area contributed by atoms with E-state index in [1.165, 1.54) is 22.4 Å². The van der Waals surface area contributed by atoms with Crippen molar-refractivity contribution >= 4 is 40.9 Å². The number of anilines is 1. The maximum atomic E-state index is 6.33. The van der Waals surface area contributed by atoms with E-state index < -0.39 is 0 Å². The lowest BCUT2D eigenvalue weighted by Crippen LogP contribution is -2.08. The molecule has 0 bridgehead atoms. The number of thioether (sulfide) groups is 2. The molecule has 3 aromatic rings. The van der Waals surface area contributed by atoms with Gasteiger partial charge < -0.3 is 5.32 Å². The van der Waals surface area contributed by atoms with E-state index in [1.54, 1.807) is 0 Å². The molecular formula is C22H26ClN5S2. The predicted octanol–water partition coefficient (Wildman–Crippen LogP) is 5.87. The van der Waals surface area contributed by atoms with E-state index in [9.17, 15) is 0 Å². The van der Waals surface area contributed by atoms with Crippen LogP contribution in [-0.4, -0.2) is 31.4 Å². The Bertz CT molecular complexity index is 969. The van der Waals surface area contributed by atoms with Crippen molar-refractivity contribution in [2.45, 2.75) is 44.4 Å². The van der Waals surface area contributed by atoms with Crippen molar-refractivity contribution in [2.75, 3.05) is 16.8 Å². The molecule has 1 N–H and O–H groups in total. The number of pyridine rings is 2. The summed E-state index contributed by atoms with van der Waals surface area (Å²) in [6, 6.07) is 6.21. The Labute approximate surface area is 191 Å². The normalized spacial score (nSPS) is 10.9. The lowest BCUT2D eigenvalue weighted by atomic mass is 10.2. The minimum absolute atomic E-state index is 0.563. The topological polar surface area (TPSA) is 63.6 Å². The minimum Gasteiger partial charge on any atom is -0.363 e. The van der Waals surface area contributed by atoms with Crippen molar-refractivity contribution < 1.29 is 0 Å². The van der Waals surface area contributed by atoms with Crippen molar-refractivity contribution in [2.24, 2.45) is 0 Å². The third kappa shape index (κ3) is 6.59. The van der Waals surface area contributed by atoms with E-state index in [0.717, 1.165) is 28.6 Å². The highest BCUT2D eigenvalue weighted by Gasteiger charge is 2.10. The van der Waals surface area contributed by atoms with Crippen LogP contribution in [0.15, 0.2) is 41.7 Å². The fourth-order valence-electron chi connectivity index (χ4n) is 2.89. The van der Waals surface area contributed by atoms with Gasteiger partial charge in [-0.05, 0) is 62.0 Å². The van der Waals surface area contributed by atoms with Gasteiger partial charge in [-0.25, -0.2) is 9.97 Å². The fraction of sp³-hybridized carbons (Fsp3) is 0.364. The summed E-state index contributed by atoms with van der Waals surface area (Å²) in [4.78, 5) is 18.7. The highest BCUT2D eigenvalue weighted by Crippen LogP contribution is 2.27. The molecule has 0 atom stereocenters. The molecule has 0 radical (unpaired) electrons. The standard InChI is InChI=1S/C22H26ClN5S2/c1-15-19(13-26-22-21(23)16(2)27-17(3)28-22)25-9-7-20(15)30-11-5-10-29-14-18-6-4-8-24-12-18/h4,6-9,12H,5,10-11,13-14H2,1-3H3,(H,26,27,28). The number of nitrogens with zero attached hydrogens (tertiary/aromatic N) is 4. The van der Waals surface area contributed by atoms with Gasteiger partial charge in [0.25, 0.3) is 0 Å². The van der Waals surface area contributed by atoms with Crippen LogP contribution in [-0.2, 0) is 12.3 Å². The summed E-state index contributed by atoms with van der Waals surface area (Å²) in [5, 5.41) is 3.88. The lowest BCUT2D eigenvalue weighted by Gasteiger charge is -2.13. The molecule has 30 heavy (non-hydrogen) atoms. The molecule has 0 aliphatic rings. The third-order valence-corrected chi connectivity index (χ3v) is 7.31. The molecule has 8 heteroatoms. The number of hydrogen-bond donors (Lipinski definition) is 1. The van der Waals surface area contributed by atoms with Crippen LogP contribution >= 0.6 is 35.1 Å². The third-order valence-electron chi connectivity index (χ3n) is 4.49. The Hall–Kier alpha value is -1.83. The van der Waals surface area contributed by atoms with E-state index in [2.05, 4.69) is 44.3 Å². The average molecular weight is 460 g/mol. The zero-order valence-electron chi connectivity index (χ0n) is 17.5. The molecule has 0 unspecified atom stereocenters. The summed E-state index contributed by atoms with van der Waals surface area (Å²) in [6.45, 7) is 6.46. The van der Waals surface area contributed by atoms with E-state index in [0.29, 0.717) is 23.2 Å². The molecule has 0 amide bonds. The van der Waals surface area contributed by atoms with Gasteiger partial charge >= 0.3 is 0 Å². The summed E-state index contributed by atoms with van der Waals surface area (Å²) in [7, 11) is 0. The second-order valence-corrected chi connectivity index (χ2v) is 9.49. The Morgan fingerprint density at radius 1 is 1.07 bits per heavy atom. The fourth-order valence-corrected chi connectivity index (χ4v) is 5.13. The van der Waals surface area contributed by atoms with E-state index in [1.807, 2.05) is 62.0 Å². The second-order valence-electron chi connectivity index (χ2n) is 6.87. The zero-order chi connectivity index (χ0) is 21.3. The van der Waals surface area contributed by atoms with Gasteiger partial charge in [0.2, 0.25) is 0 Å². The van der Waals surface area contributed by atoms with Crippen molar-refractivity contribution in [3.05, 3.63) is 70.2 Å². The zero-order valence-corrected chi connectivity index (χ0v) is 19.9. The Morgan fingerprint density at radius 3 is 2.73 bits per heavy atom. The predicted molar refractivity (Wildman–Crippen MR) is 129 cm³/mol. The van der Waals surface area contributed by atoms with Gasteiger partial charge in [0.15, 0.2) is 0 Å². The molecule has 0 aromatic carbocycles. The highest BCUT2D eigenvalue weighted by atomic mass is 35.5. The molecular weight excluding hydrogens is 434 g/mol. The second kappa shape index (κ2) is 11.5. The van der Waals surface area contributed by atoms with Gasteiger partial charge in [0, 0.05) is 29.2 Å². The molecule has 158 valence electrons. The van der Waals surface area contributed by atoms with Crippen LogP contribution in [0.25, 0.3) is 0 Å². The smallest absolute Gasteiger partial charge is 0.149 e. The summed E-state index contributed by atoms with van der Waals surface area (Å²) >= 11 is 10.2. The van der Waals surface area contributed by atoms with E-state index in [4.69, 9.17) is 11.6 Å². The van der Waals surface area contributed by atoms with Crippen molar-refractivity contribution in [3.63, 3.8) is 0 Å². The first kappa shape index (κ1) is 22.8. The molecule has 3 heterocycles. The Morgan fingerprint density at radius 2 is 1.93 bits per heavy atom. The molecule has 5 nitrogen and oxygen atoms in total. The average Bonchev–Trinajstić information content (AvgIpc) is 2.74. The first-order chi connectivity index (χ1) is 14.5. The number of nitrogens with one attached hydrogen (secondary N) is 1. The van der Waals surface area contributed by atoms with Crippen LogP contribution in [0, 0.1) is 20.8 Å². The molecule has 3 aromatic heterocycles. The van der Waals surface area contributed by atoms with Gasteiger partial charge in [0.05, 0.1) is 17.9 Å². The largest absolute Gasteiger partial charge is 0.363 e. The summed E-state index contributed by atoms with van der Waals surface area (Å²) in [6.07, 6.45) is 6.80. The molecule has 3 rings (SSSR count). The van der Waals surface area contributed by atoms with Crippen molar-refractivity contribution in [3.8, 4) is 0 Å². The summed E-state index contributed by atoms with van der Waals surface area (Å²) < 4.78 is 0. The number of rotatable bonds is 10. The van der Waals surface area contributed by atoms with Crippen LogP contribution in [0.3, 0.4) is 0 Å². The highest BCUT2D eigenvalue weighted by molar-refractivity contribution is 7.99. The van der Waals surface area contributed by atoms with Crippen molar-refractivity contribution in [1.82, 2.24) is 19.9 Å². The van der Waals surface area contributed by atoms with Crippen LogP contribution in [0.5, 0.6) is 0 Å². The van der Waals surface area contributed by atoms with Gasteiger partial charge in [-0.2, -0.15) is 11.8 Å². The quantitative estimate of drug-likeness (QED) is 0.300. The Balaban J connectivity index is 1.47. The van der Waals surface area contributed by atoms with Gasteiger partial charge in [-0.1, -0.05) is 17.7 Å². The van der Waals surface area contributed by atoms with Gasteiger partial charge in [-0.3, -0.25) is 9.97 Å². The monoisotopic (exact) mass is 459 g/mol. The molecule has 0 aliphatic carbocycles. The number of hydrogen-bond acceptors (Lipinski definition) is 7. The van der Waals surface area contributed by atoms with E-state index >= 15 is 0 Å². The van der Waals surface area contributed by atoms with Crippen LogP contribution in [0.1, 0.15) is 34.8 Å². The molecule has 0 spiro atoms. The number of aromatic nitrogens is 4. The molecule has 0 saturated carbocycles. The van der Waals surface area contributed by atoms with E-state index in [-0.39, 0.29) is 0 Å². The Kier molecular flexibility index (Phi) is 8.78. The lowest BCUT2D eigenvalue weighted by molar-refractivity contribution is 0.954. The summed E-state index contributed by atoms with van der Waals surface area (Å²) in [5.74, 6) is 4.62. The van der Waals surface area contributed by atoms with Crippen molar-refractivity contribution in [1.29, 1.82) is 0 Å². The minimum atomic E-state index is 0.563. The van der Waals surface area contributed by atoms with Crippen LogP contribution in [0.4, 0.5) is 5.82 Å². The van der Waals surface area contributed by atoms with Gasteiger partial charge in [0.1, 0.15) is 16.7 Å². The SMILES string of the molecule is Cc1nc(C)c(Cl)c(NCc2nccc(SCCCSCc3cccnc3)c2C)n1. The maximum Gasteiger partial charge on any atom is 0.149 e. The van der Waals surface area contributed by atoms with Crippen LogP contribution < -0.4 is 5.32 Å². The van der Waals surface area contributed by atoms with Crippen LogP contribution in [0.2, 0.25) is 5.02 Å². The molecule has 0 fully saturated rings. The number of halogens is 1. The molecule has 0 saturated heterocycles.